The summed E-state index contributed by atoms with van der Waals surface area (Å²) in [4.78, 5) is 4.52. The topological polar surface area (TPSA) is 70.6 Å². The molecule has 0 aliphatic carbocycles. The standard InChI is InChI=1S/C16H27N3O2S.HI/c1-4-5-6-7-12-18-16(17-2)19-13-14-8-10-15(11-9-14)22(3,20)21;/h8-11H,4-7,12-13H2,1-3H3,(H2,17,18,19);1H. The van der Waals surface area contributed by atoms with Crippen LogP contribution in [0.1, 0.15) is 38.2 Å². The van der Waals surface area contributed by atoms with E-state index in [9.17, 15) is 8.42 Å². The van der Waals surface area contributed by atoms with Gasteiger partial charge >= 0.3 is 0 Å². The zero-order valence-electron chi connectivity index (χ0n) is 14.1. The van der Waals surface area contributed by atoms with Gasteiger partial charge in [-0.15, -0.1) is 24.0 Å². The highest BCUT2D eigenvalue weighted by atomic mass is 127. The molecule has 0 fully saturated rings. The Morgan fingerprint density at radius 2 is 1.74 bits per heavy atom. The third-order valence-corrected chi connectivity index (χ3v) is 4.49. The van der Waals surface area contributed by atoms with E-state index in [1.54, 1.807) is 19.2 Å². The molecular weight excluding hydrogens is 425 g/mol. The number of rotatable bonds is 8. The molecule has 0 saturated heterocycles. The fraction of sp³-hybridized carbons (Fsp3) is 0.562. The Hall–Kier alpha value is -0.830. The number of sulfone groups is 1. The van der Waals surface area contributed by atoms with E-state index < -0.39 is 9.84 Å². The Balaban J connectivity index is 0.00000484. The number of aliphatic imine (C=N–C) groups is 1. The highest BCUT2D eigenvalue weighted by molar-refractivity contribution is 14.0. The lowest BCUT2D eigenvalue weighted by Crippen LogP contribution is -2.37. The van der Waals surface area contributed by atoms with E-state index >= 15 is 0 Å². The fourth-order valence-electron chi connectivity index (χ4n) is 2.02. The Bertz CT molecular complexity index is 571. The second kappa shape index (κ2) is 11.7. The molecule has 0 amide bonds. The second-order valence-corrected chi connectivity index (χ2v) is 7.35. The normalized spacial score (nSPS) is 11.7. The van der Waals surface area contributed by atoms with Gasteiger partial charge in [-0.05, 0) is 24.1 Å². The monoisotopic (exact) mass is 453 g/mol. The van der Waals surface area contributed by atoms with E-state index in [1.165, 1.54) is 25.5 Å². The molecule has 0 unspecified atom stereocenters. The van der Waals surface area contributed by atoms with Gasteiger partial charge in [0.15, 0.2) is 15.8 Å². The van der Waals surface area contributed by atoms with Crippen molar-refractivity contribution in [1.29, 1.82) is 0 Å². The molecule has 2 N–H and O–H groups in total. The summed E-state index contributed by atoms with van der Waals surface area (Å²) in [6.07, 6.45) is 6.08. The van der Waals surface area contributed by atoms with Crippen LogP contribution in [0.3, 0.4) is 0 Å². The molecule has 132 valence electrons. The van der Waals surface area contributed by atoms with E-state index in [0.29, 0.717) is 11.4 Å². The number of hydrogen-bond acceptors (Lipinski definition) is 3. The maximum Gasteiger partial charge on any atom is 0.191 e. The third kappa shape index (κ3) is 9.14. The summed E-state index contributed by atoms with van der Waals surface area (Å²) < 4.78 is 22.8. The lowest BCUT2D eigenvalue weighted by atomic mass is 10.2. The van der Waals surface area contributed by atoms with E-state index in [0.717, 1.165) is 24.5 Å². The lowest BCUT2D eigenvalue weighted by Gasteiger charge is -2.12. The van der Waals surface area contributed by atoms with Crippen LogP contribution in [0.4, 0.5) is 0 Å². The minimum absolute atomic E-state index is 0. The molecule has 1 rings (SSSR count). The van der Waals surface area contributed by atoms with Crippen molar-refractivity contribution in [3.05, 3.63) is 29.8 Å². The van der Waals surface area contributed by atoms with Gasteiger partial charge in [-0.1, -0.05) is 38.3 Å². The average Bonchev–Trinajstić information content (AvgIpc) is 2.49. The van der Waals surface area contributed by atoms with Crippen LogP contribution in [0.5, 0.6) is 0 Å². The van der Waals surface area contributed by atoms with Gasteiger partial charge in [0.25, 0.3) is 0 Å². The van der Waals surface area contributed by atoms with Crippen molar-refractivity contribution >= 4 is 39.8 Å². The van der Waals surface area contributed by atoms with Crippen molar-refractivity contribution in [2.45, 2.75) is 44.0 Å². The van der Waals surface area contributed by atoms with Crippen LogP contribution in [0, 0.1) is 0 Å². The number of unbranched alkanes of at least 4 members (excludes halogenated alkanes) is 3. The molecule has 0 atom stereocenters. The quantitative estimate of drug-likeness (QED) is 0.275. The van der Waals surface area contributed by atoms with Crippen molar-refractivity contribution in [3.8, 4) is 0 Å². The Morgan fingerprint density at radius 1 is 1.09 bits per heavy atom. The average molecular weight is 453 g/mol. The van der Waals surface area contributed by atoms with Gasteiger partial charge < -0.3 is 10.6 Å². The molecule has 0 aliphatic rings. The first-order valence-corrected chi connectivity index (χ1v) is 9.60. The van der Waals surface area contributed by atoms with Gasteiger partial charge in [-0.3, -0.25) is 4.99 Å². The molecule has 23 heavy (non-hydrogen) atoms. The van der Waals surface area contributed by atoms with Crippen molar-refractivity contribution in [2.24, 2.45) is 4.99 Å². The molecule has 1 aromatic carbocycles. The van der Waals surface area contributed by atoms with Crippen LogP contribution in [0.15, 0.2) is 34.2 Å². The number of hydrogen-bond donors (Lipinski definition) is 2. The maximum atomic E-state index is 11.4. The summed E-state index contributed by atoms with van der Waals surface area (Å²) in [7, 11) is -1.39. The number of benzene rings is 1. The highest BCUT2D eigenvalue weighted by Crippen LogP contribution is 2.10. The SMILES string of the molecule is CCCCCCNC(=NC)NCc1ccc(S(C)(=O)=O)cc1.I. The zero-order chi connectivity index (χ0) is 16.4. The van der Waals surface area contributed by atoms with Gasteiger partial charge in [-0.2, -0.15) is 0 Å². The summed E-state index contributed by atoms with van der Waals surface area (Å²) in [5.74, 6) is 0.767. The predicted octanol–water partition coefficient (Wildman–Crippen LogP) is 2.95. The molecule has 1 aromatic rings. The van der Waals surface area contributed by atoms with Crippen LogP contribution < -0.4 is 10.6 Å². The minimum Gasteiger partial charge on any atom is -0.356 e. The molecule has 0 spiro atoms. The zero-order valence-corrected chi connectivity index (χ0v) is 17.3. The minimum atomic E-state index is -3.13. The van der Waals surface area contributed by atoms with Crippen molar-refractivity contribution < 1.29 is 8.42 Å². The van der Waals surface area contributed by atoms with Crippen LogP contribution >= 0.6 is 24.0 Å². The first-order valence-electron chi connectivity index (χ1n) is 7.71. The second-order valence-electron chi connectivity index (χ2n) is 5.33. The molecular formula is C16H28IN3O2S. The fourth-order valence-corrected chi connectivity index (χ4v) is 2.65. The van der Waals surface area contributed by atoms with Crippen LogP contribution in [0.2, 0.25) is 0 Å². The lowest BCUT2D eigenvalue weighted by molar-refractivity contribution is 0.602. The van der Waals surface area contributed by atoms with E-state index in [2.05, 4.69) is 22.5 Å². The molecule has 0 aliphatic heterocycles. The first kappa shape index (κ1) is 22.2. The summed E-state index contributed by atoms with van der Waals surface area (Å²) in [6.45, 7) is 3.72. The number of guanidine groups is 1. The summed E-state index contributed by atoms with van der Waals surface area (Å²) in [6, 6.07) is 6.90. The molecule has 0 bridgehead atoms. The Labute approximate surface area is 157 Å². The Morgan fingerprint density at radius 3 is 2.26 bits per heavy atom. The van der Waals surface area contributed by atoms with Crippen LogP contribution in [0.25, 0.3) is 0 Å². The van der Waals surface area contributed by atoms with Gasteiger partial charge in [0.2, 0.25) is 0 Å². The summed E-state index contributed by atoms with van der Waals surface area (Å²) in [5.41, 5.74) is 1.02. The van der Waals surface area contributed by atoms with Crippen molar-refractivity contribution in [2.75, 3.05) is 19.8 Å². The highest BCUT2D eigenvalue weighted by Gasteiger charge is 2.06. The van der Waals surface area contributed by atoms with E-state index in [1.807, 2.05) is 12.1 Å². The third-order valence-electron chi connectivity index (χ3n) is 3.36. The summed E-state index contributed by atoms with van der Waals surface area (Å²) >= 11 is 0. The van der Waals surface area contributed by atoms with Crippen LogP contribution in [-0.4, -0.2) is 34.2 Å². The predicted molar refractivity (Wildman–Crippen MR) is 107 cm³/mol. The van der Waals surface area contributed by atoms with Crippen molar-refractivity contribution in [3.63, 3.8) is 0 Å². The number of nitrogens with one attached hydrogen (secondary N) is 2. The maximum absolute atomic E-state index is 11.4. The number of nitrogens with zero attached hydrogens (tertiary/aromatic N) is 1. The molecule has 5 nitrogen and oxygen atoms in total. The van der Waals surface area contributed by atoms with Gasteiger partial charge in [0.1, 0.15) is 0 Å². The summed E-state index contributed by atoms with van der Waals surface area (Å²) in [5, 5.41) is 6.50. The number of halogens is 1. The Kier molecular flexibility index (Phi) is 11.2. The largest absolute Gasteiger partial charge is 0.356 e. The molecule has 0 saturated carbocycles. The van der Waals surface area contributed by atoms with E-state index in [4.69, 9.17) is 0 Å². The van der Waals surface area contributed by atoms with Gasteiger partial charge in [0.05, 0.1) is 4.90 Å². The molecule has 0 heterocycles. The van der Waals surface area contributed by atoms with Gasteiger partial charge in [0, 0.05) is 26.4 Å². The van der Waals surface area contributed by atoms with Gasteiger partial charge in [-0.25, -0.2) is 8.42 Å². The molecule has 7 heteroatoms. The van der Waals surface area contributed by atoms with Crippen LogP contribution in [-0.2, 0) is 16.4 Å². The first-order chi connectivity index (χ1) is 10.5. The van der Waals surface area contributed by atoms with Crippen molar-refractivity contribution in [1.82, 2.24) is 10.6 Å². The smallest absolute Gasteiger partial charge is 0.191 e. The molecule has 0 aromatic heterocycles. The molecule has 0 radical (unpaired) electrons. The van der Waals surface area contributed by atoms with E-state index in [-0.39, 0.29) is 24.0 Å².